The zero-order valence-corrected chi connectivity index (χ0v) is 11.9. The molecule has 0 aliphatic heterocycles. The standard InChI is InChI=1S/C13H24N4O/c1-5-7-8-17(4)13(14-3)15-10-12-9-11(6-2)16-18-12/h9H,5-8,10H2,1-4H3,(H,14,15). The largest absolute Gasteiger partial charge is 0.359 e. The number of aryl methyl sites for hydroxylation is 1. The molecule has 5 nitrogen and oxygen atoms in total. The van der Waals surface area contributed by atoms with E-state index >= 15 is 0 Å². The van der Waals surface area contributed by atoms with Crippen LogP contribution >= 0.6 is 0 Å². The van der Waals surface area contributed by atoms with E-state index in [1.807, 2.05) is 13.1 Å². The lowest BCUT2D eigenvalue weighted by atomic mass is 10.3. The fraction of sp³-hybridized carbons (Fsp3) is 0.692. The summed E-state index contributed by atoms with van der Waals surface area (Å²) in [6.45, 7) is 5.88. The molecule has 1 heterocycles. The Bertz CT molecular complexity index is 373. The van der Waals surface area contributed by atoms with Gasteiger partial charge in [-0.1, -0.05) is 25.4 Å². The van der Waals surface area contributed by atoms with Crippen LogP contribution in [0.25, 0.3) is 0 Å². The van der Waals surface area contributed by atoms with Crippen molar-refractivity contribution in [3.63, 3.8) is 0 Å². The Balaban J connectivity index is 2.44. The summed E-state index contributed by atoms with van der Waals surface area (Å²) in [5.41, 5.74) is 0.987. The molecule has 1 N–H and O–H groups in total. The van der Waals surface area contributed by atoms with E-state index in [1.165, 1.54) is 12.8 Å². The van der Waals surface area contributed by atoms with Crippen molar-refractivity contribution < 1.29 is 4.52 Å². The summed E-state index contributed by atoms with van der Waals surface area (Å²) in [7, 11) is 3.84. The van der Waals surface area contributed by atoms with Gasteiger partial charge in [-0.25, -0.2) is 0 Å². The highest BCUT2D eigenvalue weighted by molar-refractivity contribution is 5.79. The summed E-state index contributed by atoms with van der Waals surface area (Å²) in [6.07, 6.45) is 3.25. The van der Waals surface area contributed by atoms with Gasteiger partial charge in [0.25, 0.3) is 0 Å². The second-order valence-electron chi connectivity index (χ2n) is 4.31. The molecule has 0 aliphatic carbocycles. The number of hydrogen-bond donors (Lipinski definition) is 1. The molecule has 0 atom stereocenters. The Morgan fingerprint density at radius 3 is 2.83 bits per heavy atom. The maximum Gasteiger partial charge on any atom is 0.193 e. The van der Waals surface area contributed by atoms with Crippen LogP contribution in [0, 0.1) is 0 Å². The van der Waals surface area contributed by atoms with Crippen molar-refractivity contribution in [2.45, 2.75) is 39.7 Å². The molecule has 5 heteroatoms. The summed E-state index contributed by atoms with van der Waals surface area (Å²) in [4.78, 5) is 6.38. The number of guanidine groups is 1. The minimum Gasteiger partial charge on any atom is -0.359 e. The molecule has 102 valence electrons. The minimum atomic E-state index is 0.621. The van der Waals surface area contributed by atoms with E-state index in [-0.39, 0.29) is 0 Å². The van der Waals surface area contributed by atoms with Gasteiger partial charge in [0.05, 0.1) is 12.2 Å². The molecule has 0 radical (unpaired) electrons. The van der Waals surface area contributed by atoms with Crippen LogP contribution in [0.4, 0.5) is 0 Å². The highest BCUT2D eigenvalue weighted by atomic mass is 16.5. The summed E-state index contributed by atoms with van der Waals surface area (Å²) in [5, 5.41) is 7.24. The summed E-state index contributed by atoms with van der Waals surface area (Å²) in [6, 6.07) is 1.98. The summed E-state index contributed by atoms with van der Waals surface area (Å²) < 4.78 is 5.23. The molecule has 1 rings (SSSR count). The summed E-state index contributed by atoms with van der Waals surface area (Å²) >= 11 is 0. The first-order valence-corrected chi connectivity index (χ1v) is 6.57. The van der Waals surface area contributed by atoms with Crippen molar-refractivity contribution in [3.8, 4) is 0 Å². The predicted octanol–water partition coefficient (Wildman–Crippen LogP) is 2.04. The molecule has 0 saturated carbocycles. The molecule has 0 unspecified atom stereocenters. The fourth-order valence-electron chi connectivity index (χ4n) is 1.66. The highest BCUT2D eigenvalue weighted by Crippen LogP contribution is 2.04. The number of unbranched alkanes of at least 4 members (excludes halogenated alkanes) is 1. The van der Waals surface area contributed by atoms with Gasteiger partial charge in [-0.2, -0.15) is 0 Å². The van der Waals surface area contributed by atoms with Gasteiger partial charge in [0.1, 0.15) is 0 Å². The first-order chi connectivity index (χ1) is 8.71. The van der Waals surface area contributed by atoms with E-state index in [0.29, 0.717) is 6.54 Å². The van der Waals surface area contributed by atoms with Crippen LogP contribution in [-0.2, 0) is 13.0 Å². The zero-order valence-electron chi connectivity index (χ0n) is 11.9. The van der Waals surface area contributed by atoms with Gasteiger partial charge < -0.3 is 14.7 Å². The van der Waals surface area contributed by atoms with Crippen molar-refractivity contribution in [2.24, 2.45) is 4.99 Å². The monoisotopic (exact) mass is 252 g/mol. The first-order valence-electron chi connectivity index (χ1n) is 6.57. The van der Waals surface area contributed by atoms with Crippen LogP contribution in [0.1, 0.15) is 38.1 Å². The Labute approximate surface area is 109 Å². The highest BCUT2D eigenvalue weighted by Gasteiger charge is 2.07. The lowest BCUT2D eigenvalue weighted by Gasteiger charge is -2.21. The molecule has 0 bridgehead atoms. The number of aromatic nitrogens is 1. The summed E-state index contributed by atoms with van der Waals surface area (Å²) in [5.74, 6) is 1.73. The number of nitrogens with zero attached hydrogens (tertiary/aromatic N) is 3. The fourth-order valence-corrected chi connectivity index (χ4v) is 1.66. The van der Waals surface area contributed by atoms with E-state index < -0.39 is 0 Å². The van der Waals surface area contributed by atoms with Crippen molar-refractivity contribution in [3.05, 3.63) is 17.5 Å². The molecule has 0 aromatic carbocycles. The first kappa shape index (κ1) is 14.5. The van der Waals surface area contributed by atoms with Crippen LogP contribution in [0.2, 0.25) is 0 Å². The lowest BCUT2D eigenvalue weighted by Crippen LogP contribution is -2.38. The van der Waals surface area contributed by atoms with E-state index in [9.17, 15) is 0 Å². The second-order valence-corrected chi connectivity index (χ2v) is 4.31. The van der Waals surface area contributed by atoms with Crippen LogP contribution in [0.15, 0.2) is 15.6 Å². The average molecular weight is 252 g/mol. The zero-order chi connectivity index (χ0) is 13.4. The van der Waals surface area contributed by atoms with Crippen LogP contribution in [0.5, 0.6) is 0 Å². The molecular formula is C13H24N4O. The Kier molecular flexibility index (Phi) is 6.25. The van der Waals surface area contributed by atoms with Gasteiger partial charge in [0.15, 0.2) is 11.7 Å². The average Bonchev–Trinajstić information content (AvgIpc) is 2.85. The molecule has 18 heavy (non-hydrogen) atoms. The molecule has 0 aliphatic rings. The molecule has 0 fully saturated rings. The number of nitrogens with one attached hydrogen (secondary N) is 1. The van der Waals surface area contributed by atoms with Crippen molar-refractivity contribution in [1.82, 2.24) is 15.4 Å². The number of aliphatic imine (C=N–C) groups is 1. The maximum atomic E-state index is 5.23. The Hall–Kier alpha value is -1.52. The van der Waals surface area contributed by atoms with Crippen LogP contribution in [-0.4, -0.2) is 36.7 Å². The van der Waals surface area contributed by atoms with E-state index in [4.69, 9.17) is 4.52 Å². The van der Waals surface area contributed by atoms with E-state index in [2.05, 4.69) is 34.2 Å². The van der Waals surface area contributed by atoms with Crippen molar-refractivity contribution >= 4 is 5.96 Å². The van der Waals surface area contributed by atoms with E-state index in [0.717, 1.165) is 30.4 Å². The van der Waals surface area contributed by atoms with Gasteiger partial charge >= 0.3 is 0 Å². The predicted molar refractivity (Wildman–Crippen MR) is 73.6 cm³/mol. The smallest absolute Gasteiger partial charge is 0.193 e. The van der Waals surface area contributed by atoms with Crippen LogP contribution < -0.4 is 5.32 Å². The van der Waals surface area contributed by atoms with Gasteiger partial charge in [-0.05, 0) is 12.8 Å². The number of hydrogen-bond acceptors (Lipinski definition) is 3. The van der Waals surface area contributed by atoms with Crippen molar-refractivity contribution in [2.75, 3.05) is 20.6 Å². The van der Waals surface area contributed by atoms with Gasteiger partial charge in [0.2, 0.25) is 0 Å². The Morgan fingerprint density at radius 2 is 2.28 bits per heavy atom. The van der Waals surface area contributed by atoms with Crippen LogP contribution in [0.3, 0.4) is 0 Å². The van der Waals surface area contributed by atoms with Gasteiger partial charge in [0, 0.05) is 26.7 Å². The SMILES string of the molecule is CCCCN(C)C(=NC)NCc1cc(CC)no1. The van der Waals surface area contributed by atoms with E-state index in [1.54, 1.807) is 7.05 Å². The molecule has 0 saturated heterocycles. The van der Waals surface area contributed by atoms with Crippen molar-refractivity contribution in [1.29, 1.82) is 0 Å². The minimum absolute atomic E-state index is 0.621. The molecule has 1 aromatic rings. The normalized spacial score (nSPS) is 11.7. The molecular weight excluding hydrogens is 228 g/mol. The second kappa shape index (κ2) is 7.74. The molecule has 1 aromatic heterocycles. The van der Waals surface area contributed by atoms with Gasteiger partial charge in [-0.3, -0.25) is 4.99 Å². The Morgan fingerprint density at radius 1 is 1.50 bits per heavy atom. The lowest BCUT2D eigenvalue weighted by molar-refractivity contribution is 0.371. The third kappa shape index (κ3) is 4.39. The third-order valence-electron chi connectivity index (χ3n) is 2.81. The topological polar surface area (TPSA) is 53.7 Å². The number of rotatable bonds is 6. The maximum absolute atomic E-state index is 5.23. The molecule has 0 spiro atoms. The third-order valence-corrected chi connectivity index (χ3v) is 2.81. The quantitative estimate of drug-likeness (QED) is 0.622. The molecule has 0 amide bonds. The van der Waals surface area contributed by atoms with Gasteiger partial charge in [-0.15, -0.1) is 0 Å².